The maximum absolute atomic E-state index is 12.1. The lowest BCUT2D eigenvalue weighted by atomic mass is 10.2. The number of halogens is 4. The van der Waals surface area contributed by atoms with Crippen LogP contribution in [-0.2, 0) is 6.54 Å². The van der Waals surface area contributed by atoms with Gasteiger partial charge in [0, 0.05) is 24.2 Å². The molecule has 0 spiro atoms. The van der Waals surface area contributed by atoms with Crippen LogP contribution in [-0.4, -0.2) is 26.4 Å². The fourth-order valence-corrected chi connectivity index (χ4v) is 2.05. The molecule has 1 aromatic heterocycles. The minimum atomic E-state index is -4.14. The molecule has 0 saturated carbocycles. The van der Waals surface area contributed by atoms with E-state index in [4.69, 9.17) is 17.3 Å². The molecule has 0 atom stereocenters. The van der Waals surface area contributed by atoms with Crippen LogP contribution >= 0.6 is 11.6 Å². The van der Waals surface area contributed by atoms with E-state index in [2.05, 4.69) is 15.5 Å². The lowest BCUT2D eigenvalue weighted by Gasteiger charge is -2.08. The van der Waals surface area contributed by atoms with Crippen molar-refractivity contribution in [2.75, 3.05) is 5.73 Å². The molecule has 0 saturated heterocycles. The smallest absolute Gasteiger partial charge is 0.389 e. The highest BCUT2D eigenvalue weighted by Crippen LogP contribution is 2.28. The monoisotopic (exact) mass is 319 g/mol. The van der Waals surface area contributed by atoms with Crippen LogP contribution in [0.2, 0.25) is 5.02 Å². The summed E-state index contributed by atoms with van der Waals surface area (Å²) in [5, 5.41) is 11.6. The highest BCUT2D eigenvalue weighted by atomic mass is 35.5. The second kappa shape index (κ2) is 6.30. The highest BCUT2D eigenvalue weighted by molar-refractivity contribution is 6.33. The summed E-state index contributed by atoms with van der Waals surface area (Å²) in [5.74, 6) is 0.388. The van der Waals surface area contributed by atoms with Gasteiger partial charge in [-0.15, -0.1) is 5.10 Å². The Morgan fingerprint density at radius 1 is 1.24 bits per heavy atom. The van der Waals surface area contributed by atoms with E-state index in [9.17, 15) is 13.2 Å². The van der Waals surface area contributed by atoms with Crippen molar-refractivity contribution in [3.05, 3.63) is 23.2 Å². The molecule has 2 N–H and O–H groups in total. The van der Waals surface area contributed by atoms with E-state index in [1.165, 1.54) is 4.68 Å². The largest absolute Gasteiger partial charge is 0.399 e. The number of alkyl halides is 3. The average molecular weight is 320 g/mol. The first-order valence-electron chi connectivity index (χ1n) is 6.25. The molecule has 1 aromatic carbocycles. The van der Waals surface area contributed by atoms with E-state index >= 15 is 0 Å². The number of nitrogens with zero attached hydrogens (tertiary/aromatic N) is 4. The molecule has 21 heavy (non-hydrogen) atoms. The number of aryl methyl sites for hydroxylation is 1. The van der Waals surface area contributed by atoms with Crippen LogP contribution in [0, 0.1) is 0 Å². The summed E-state index contributed by atoms with van der Waals surface area (Å²) >= 11 is 6.07. The van der Waals surface area contributed by atoms with Crippen LogP contribution in [0.4, 0.5) is 18.9 Å². The number of nitrogen functional groups attached to an aromatic ring is 1. The Morgan fingerprint density at radius 2 is 2.00 bits per heavy atom. The Kier molecular flexibility index (Phi) is 4.66. The molecular weight excluding hydrogens is 307 g/mol. The third-order valence-corrected chi connectivity index (χ3v) is 3.17. The molecular formula is C12H13ClF3N5. The van der Waals surface area contributed by atoms with E-state index in [0.29, 0.717) is 28.5 Å². The van der Waals surface area contributed by atoms with Crippen molar-refractivity contribution in [1.29, 1.82) is 0 Å². The molecule has 114 valence electrons. The van der Waals surface area contributed by atoms with Crippen LogP contribution < -0.4 is 5.73 Å². The quantitative estimate of drug-likeness (QED) is 0.678. The Hall–Kier alpha value is -1.83. The third-order valence-electron chi connectivity index (χ3n) is 2.84. The number of anilines is 1. The van der Waals surface area contributed by atoms with Gasteiger partial charge < -0.3 is 5.73 Å². The molecule has 0 amide bonds. The third kappa shape index (κ3) is 4.32. The standard InChI is InChI=1S/C12H13ClF3N5/c13-10-4-3-8(17)7-9(10)11-18-19-20-21(11)6-2-1-5-12(14,15)16/h3-4,7H,1-2,5-6,17H2. The van der Waals surface area contributed by atoms with Crippen molar-refractivity contribution in [1.82, 2.24) is 20.2 Å². The Morgan fingerprint density at radius 3 is 2.71 bits per heavy atom. The number of hydrogen-bond acceptors (Lipinski definition) is 4. The first-order chi connectivity index (χ1) is 9.87. The number of tetrazole rings is 1. The average Bonchev–Trinajstić information content (AvgIpc) is 2.85. The number of aromatic nitrogens is 4. The van der Waals surface area contributed by atoms with Crippen LogP contribution in [0.5, 0.6) is 0 Å². The Labute approximate surface area is 123 Å². The van der Waals surface area contributed by atoms with Crippen molar-refractivity contribution >= 4 is 17.3 Å². The van der Waals surface area contributed by atoms with E-state index in [0.717, 1.165) is 0 Å². The molecule has 0 bridgehead atoms. The van der Waals surface area contributed by atoms with Gasteiger partial charge >= 0.3 is 6.18 Å². The van der Waals surface area contributed by atoms with Gasteiger partial charge in [-0.05, 0) is 41.5 Å². The fraction of sp³-hybridized carbons (Fsp3) is 0.417. The van der Waals surface area contributed by atoms with Gasteiger partial charge in [0.25, 0.3) is 0 Å². The molecule has 0 aliphatic carbocycles. The second-order valence-corrected chi connectivity index (χ2v) is 4.94. The first-order valence-corrected chi connectivity index (χ1v) is 6.63. The van der Waals surface area contributed by atoms with Gasteiger partial charge in [0.1, 0.15) is 0 Å². The van der Waals surface area contributed by atoms with E-state index in [1.54, 1.807) is 18.2 Å². The first kappa shape index (κ1) is 15.6. The molecule has 0 radical (unpaired) electrons. The van der Waals surface area contributed by atoms with Gasteiger partial charge in [-0.2, -0.15) is 13.2 Å². The minimum Gasteiger partial charge on any atom is -0.399 e. The van der Waals surface area contributed by atoms with Crippen LogP contribution in [0.3, 0.4) is 0 Å². The second-order valence-electron chi connectivity index (χ2n) is 4.54. The number of nitrogens with two attached hydrogens (primary N) is 1. The highest BCUT2D eigenvalue weighted by Gasteiger charge is 2.26. The van der Waals surface area contributed by atoms with Gasteiger partial charge in [0.15, 0.2) is 5.82 Å². The van der Waals surface area contributed by atoms with Crippen molar-refractivity contribution in [3.63, 3.8) is 0 Å². The summed E-state index contributed by atoms with van der Waals surface area (Å²) in [5.41, 5.74) is 6.75. The molecule has 5 nitrogen and oxygen atoms in total. The Bertz CT molecular complexity index is 611. The zero-order valence-electron chi connectivity index (χ0n) is 10.9. The van der Waals surface area contributed by atoms with Crippen LogP contribution in [0.15, 0.2) is 18.2 Å². The number of hydrogen-bond donors (Lipinski definition) is 1. The maximum atomic E-state index is 12.1. The number of unbranched alkanes of at least 4 members (excludes halogenated alkanes) is 1. The summed E-state index contributed by atoms with van der Waals surface area (Å²) in [7, 11) is 0. The molecule has 1 heterocycles. The topological polar surface area (TPSA) is 69.6 Å². The van der Waals surface area contributed by atoms with Gasteiger partial charge in [0.2, 0.25) is 0 Å². The van der Waals surface area contributed by atoms with Crippen molar-refractivity contribution in [3.8, 4) is 11.4 Å². The normalized spacial score (nSPS) is 11.8. The predicted octanol–water partition coefficient (Wildman–Crippen LogP) is 3.31. The molecule has 0 aliphatic heterocycles. The van der Waals surface area contributed by atoms with Crippen LogP contribution in [0.1, 0.15) is 19.3 Å². The number of rotatable bonds is 5. The number of benzene rings is 1. The summed E-state index contributed by atoms with van der Waals surface area (Å²) in [6.07, 6.45) is -4.62. The zero-order valence-corrected chi connectivity index (χ0v) is 11.7. The van der Waals surface area contributed by atoms with Gasteiger partial charge in [-0.3, -0.25) is 0 Å². The Balaban J connectivity index is 2.07. The minimum absolute atomic E-state index is 0.0213. The molecule has 0 unspecified atom stereocenters. The predicted molar refractivity (Wildman–Crippen MR) is 72.6 cm³/mol. The van der Waals surface area contributed by atoms with Gasteiger partial charge in [-0.1, -0.05) is 11.6 Å². The van der Waals surface area contributed by atoms with E-state index in [-0.39, 0.29) is 13.0 Å². The van der Waals surface area contributed by atoms with Crippen molar-refractivity contribution < 1.29 is 13.2 Å². The zero-order chi connectivity index (χ0) is 15.5. The van der Waals surface area contributed by atoms with Gasteiger partial charge in [-0.25, -0.2) is 4.68 Å². The molecule has 0 fully saturated rings. The summed E-state index contributed by atoms with van der Waals surface area (Å²) in [6.45, 7) is 0.281. The van der Waals surface area contributed by atoms with Crippen LogP contribution in [0.25, 0.3) is 11.4 Å². The lowest BCUT2D eigenvalue weighted by molar-refractivity contribution is -0.135. The van der Waals surface area contributed by atoms with E-state index < -0.39 is 12.6 Å². The molecule has 0 aliphatic rings. The summed E-state index contributed by atoms with van der Waals surface area (Å²) in [6, 6.07) is 4.89. The fourth-order valence-electron chi connectivity index (χ4n) is 1.85. The maximum Gasteiger partial charge on any atom is 0.389 e. The molecule has 9 heteroatoms. The SMILES string of the molecule is Nc1ccc(Cl)c(-c2nnnn2CCCCC(F)(F)F)c1. The van der Waals surface area contributed by atoms with Crippen molar-refractivity contribution in [2.24, 2.45) is 0 Å². The molecule has 2 rings (SSSR count). The molecule has 2 aromatic rings. The lowest BCUT2D eigenvalue weighted by Crippen LogP contribution is -2.09. The summed E-state index contributed by atoms with van der Waals surface area (Å²) in [4.78, 5) is 0. The van der Waals surface area contributed by atoms with Gasteiger partial charge in [0.05, 0.1) is 5.02 Å². The van der Waals surface area contributed by atoms with E-state index in [1.807, 2.05) is 0 Å². The van der Waals surface area contributed by atoms with Crippen molar-refractivity contribution in [2.45, 2.75) is 32.0 Å². The summed E-state index contributed by atoms with van der Waals surface area (Å²) < 4.78 is 37.7.